The van der Waals surface area contributed by atoms with E-state index in [4.69, 9.17) is 18.9 Å². The maximum atomic E-state index is 12.0. The molecule has 1 amide bonds. The topological polar surface area (TPSA) is 78.4 Å². The Balaban J connectivity index is 1.62. The van der Waals surface area contributed by atoms with Crippen LogP contribution in [0.25, 0.3) is 0 Å². The number of rotatable bonds is 6. The second-order valence-corrected chi connectivity index (χ2v) is 5.50. The molecular formula is C19H20N2O5. The largest absolute Gasteiger partial charge is 0.497 e. The molecule has 136 valence electrons. The van der Waals surface area contributed by atoms with E-state index in [1.807, 2.05) is 18.2 Å². The van der Waals surface area contributed by atoms with Crippen LogP contribution in [0.2, 0.25) is 0 Å². The Morgan fingerprint density at radius 3 is 2.77 bits per heavy atom. The molecule has 0 unspecified atom stereocenters. The van der Waals surface area contributed by atoms with Crippen molar-refractivity contribution in [3.63, 3.8) is 0 Å². The lowest BCUT2D eigenvalue weighted by molar-refractivity contribution is -0.123. The van der Waals surface area contributed by atoms with Gasteiger partial charge in [0.25, 0.3) is 5.91 Å². The van der Waals surface area contributed by atoms with Crippen LogP contribution in [0.3, 0.4) is 0 Å². The van der Waals surface area contributed by atoms with Gasteiger partial charge in [0, 0.05) is 18.1 Å². The second-order valence-electron chi connectivity index (χ2n) is 5.50. The summed E-state index contributed by atoms with van der Waals surface area (Å²) in [4.78, 5) is 12.0. The number of nitrogens with one attached hydrogen (secondary N) is 1. The summed E-state index contributed by atoms with van der Waals surface area (Å²) < 4.78 is 21.5. The van der Waals surface area contributed by atoms with E-state index in [1.54, 1.807) is 38.5 Å². The van der Waals surface area contributed by atoms with E-state index in [1.165, 1.54) is 0 Å². The molecule has 1 N–H and O–H groups in total. The van der Waals surface area contributed by atoms with Crippen molar-refractivity contribution in [2.45, 2.75) is 6.42 Å². The van der Waals surface area contributed by atoms with Gasteiger partial charge < -0.3 is 18.9 Å². The minimum atomic E-state index is -0.351. The molecule has 0 aromatic heterocycles. The van der Waals surface area contributed by atoms with E-state index in [2.05, 4.69) is 10.5 Å². The van der Waals surface area contributed by atoms with Crippen molar-refractivity contribution in [3.8, 4) is 23.0 Å². The second kappa shape index (κ2) is 8.24. The van der Waals surface area contributed by atoms with E-state index in [0.717, 1.165) is 11.3 Å². The molecule has 0 bridgehead atoms. The van der Waals surface area contributed by atoms with Gasteiger partial charge in [0.1, 0.15) is 11.5 Å². The van der Waals surface area contributed by atoms with Crippen molar-refractivity contribution < 1.29 is 23.7 Å². The molecule has 7 heteroatoms. The number of carbonyl (C=O) groups is 1. The molecule has 0 radical (unpaired) electrons. The van der Waals surface area contributed by atoms with Crippen LogP contribution < -0.4 is 24.4 Å². The molecule has 0 saturated carbocycles. The fourth-order valence-electron chi connectivity index (χ4n) is 2.56. The number of nitrogens with zero attached hydrogens (tertiary/aromatic N) is 1. The Hall–Kier alpha value is -3.22. The lowest BCUT2D eigenvalue weighted by Crippen LogP contribution is -2.27. The SMILES string of the molecule is COc1cccc(OCC(=O)N/N=C2/CCOc3c(OC)cccc32)c1. The van der Waals surface area contributed by atoms with Gasteiger partial charge in [0.2, 0.25) is 0 Å². The zero-order valence-corrected chi connectivity index (χ0v) is 14.7. The Morgan fingerprint density at radius 2 is 1.96 bits per heavy atom. The number of methoxy groups -OCH3 is 2. The van der Waals surface area contributed by atoms with E-state index >= 15 is 0 Å². The third-order valence-corrected chi connectivity index (χ3v) is 3.82. The first-order chi connectivity index (χ1) is 12.7. The maximum absolute atomic E-state index is 12.0. The lowest BCUT2D eigenvalue weighted by Gasteiger charge is -2.20. The highest BCUT2D eigenvalue weighted by atomic mass is 16.5. The van der Waals surface area contributed by atoms with Crippen LogP contribution in [0.4, 0.5) is 0 Å². The number of benzene rings is 2. The molecule has 26 heavy (non-hydrogen) atoms. The summed E-state index contributed by atoms with van der Waals surface area (Å²) in [6.45, 7) is 0.327. The van der Waals surface area contributed by atoms with E-state index in [9.17, 15) is 4.79 Å². The van der Waals surface area contributed by atoms with Crippen molar-refractivity contribution in [3.05, 3.63) is 48.0 Å². The molecule has 1 heterocycles. The van der Waals surface area contributed by atoms with Gasteiger partial charge >= 0.3 is 0 Å². The number of para-hydroxylation sites is 1. The Kier molecular flexibility index (Phi) is 5.58. The Morgan fingerprint density at radius 1 is 1.15 bits per heavy atom. The predicted molar refractivity (Wildman–Crippen MR) is 96.3 cm³/mol. The van der Waals surface area contributed by atoms with Crippen LogP contribution in [-0.2, 0) is 4.79 Å². The summed E-state index contributed by atoms with van der Waals surface area (Å²) in [5.74, 6) is 2.14. The van der Waals surface area contributed by atoms with Crippen LogP contribution in [0.15, 0.2) is 47.6 Å². The van der Waals surface area contributed by atoms with E-state index < -0.39 is 0 Å². The molecule has 1 aliphatic heterocycles. The summed E-state index contributed by atoms with van der Waals surface area (Å²) in [5.41, 5.74) is 4.07. The molecule has 1 aliphatic rings. The molecule has 7 nitrogen and oxygen atoms in total. The summed E-state index contributed by atoms with van der Waals surface area (Å²) >= 11 is 0. The number of ether oxygens (including phenoxy) is 4. The number of carbonyl (C=O) groups excluding carboxylic acids is 1. The first-order valence-corrected chi connectivity index (χ1v) is 8.13. The predicted octanol–water partition coefficient (Wildman–Crippen LogP) is 2.39. The Bertz CT molecular complexity index is 819. The monoisotopic (exact) mass is 356 g/mol. The van der Waals surface area contributed by atoms with E-state index in [-0.39, 0.29) is 12.5 Å². The average Bonchev–Trinajstić information content (AvgIpc) is 2.70. The molecule has 2 aromatic rings. The number of hydrazone groups is 1. The van der Waals surface area contributed by atoms with Crippen molar-refractivity contribution >= 4 is 11.6 Å². The van der Waals surface area contributed by atoms with Crippen molar-refractivity contribution in [2.24, 2.45) is 5.10 Å². The normalized spacial score (nSPS) is 14.2. The highest BCUT2D eigenvalue weighted by Gasteiger charge is 2.20. The first-order valence-electron chi connectivity index (χ1n) is 8.13. The Labute approximate surface area is 151 Å². The number of hydrogen-bond donors (Lipinski definition) is 1. The van der Waals surface area contributed by atoms with Crippen LogP contribution in [0.1, 0.15) is 12.0 Å². The fourth-order valence-corrected chi connectivity index (χ4v) is 2.56. The summed E-state index contributed by atoms with van der Waals surface area (Å²) in [6, 6.07) is 12.6. The molecule has 3 rings (SSSR count). The number of hydrogen-bond acceptors (Lipinski definition) is 6. The number of fused-ring (bicyclic) bond motifs is 1. The standard InChI is InChI=1S/C19H20N2O5/c1-23-13-5-3-6-14(11-13)26-12-18(22)21-20-16-9-10-25-19-15(16)7-4-8-17(19)24-2/h3-8,11H,9-10,12H2,1-2H3,(H,21,22)/b20-16-. The van der Waals surface area contributed by atoms with Crippen LogP contribution in [0.5, 0.6) is 23.0 Å². The van der Waals surface area contributed by atoms with Gasteiger partial charge in [0.05, 0.1) is 26.5 Å². The minimum Gasteiger partial charge on any atom is -0.497 e. The quantitative estimate of drug-likeness (QED) is 0.804. The molecule has 0 spiro atoms. The average molecular weight is 356 g/mol. The van der Waals surface area contributed by atoms with Gasteiger partial charge in [-0.2, -0.15) is 5.10 Å². The van der Waals surface area contributed by atoms with Crippen LogP contribution in [-0.4, -0.2) is 39.1 Å². The molecule has 0 aliphatic carbocycles. The van der Waals surface area contributed by atoms with Gasteiger partial charge in [-0.05, 0) is 24.3 Å². The van der Waals surface area contributed by atoms with Crippen molar-refractivity contribution in [2.75, 3.05) is 27.4 Å². The summed E-state index contributed by atoms with van der Waals surface area (Å²) in [6.07, 6.45) is 0.594. The van der Waals surface area contributed by atoms with Gasteiger partial charge in [0.15, 0.2) is 18.1 Å². The smallest absolute Gasteiger partial charge is 0.277 e. The molecular weight excluding hydrogens is 336 g/mol. The van der Waals surface area contributed by atoms with Gasteiger partial charge in [-0.25, -0.2) is 5.43 Å². The fraction of sp³-hybridized carbons (Fsp3) is 0.263. The van der Waals surface area contributed by atoms with Crippen molar-refractivity contribution in [1.82, 2.24) is 5.43 Å². The molecule has 0 fully saturated rings. The first kappa shape index (κ1) is 17.6. The highest BCUT2D eigenvalue weighted by molar-refractivity contribution is 6.04. The van der Waals surface area contributed by atoms with Crippen molar-refractivity contribution in [1.29, 1.82) is 0 Å². The third-order valence-electron chi connectivity index (χ3n) is 3.82. The van der Waals surface area contributed by atoms with Crippen LogP contribution in [0, 0.1) is 0 Å². The molecule has 2 aromatic carbocycles. The van der Waals surface area contributed by atoms with Gasteiger partial charge in [-0.3, -0.25) is 4.79 Å². The number of amides is 1. The zero-order valence-electron chi connectivity index (χ0n) is 14.7. The van der Waals surface area contributed by atoms with Gasteiger partial charge in [-0.15, -0.1) is 0 Å². The minimum absolute atomic E-state index is 0.147. The third kappa shape index (κ3) is 4.05. The summed E-state index contributed by atoms with van der Waals surface area (Å²) in [5, 5.41) is 4.22. The molecule has 0 atom stereocenters. The summed E-state index contributed by atoms with van der Waals surface area (Å²) in [7, 11) is 3.16. The lowest BCUT2D eigenvalue weighted by atomic mass is 10.0. The zero-order chi connectivity index (χ0) is 18.4. The maximum Gasteiger partial charge on any atom is 0.277 e. The van der Waals surface area contributed by atoms with Gasteiger partial charge in [-0.1, -0.05) is 12.1 Å². The molecule has 0 saturated heterocycles. The highest BCUT2D eigenvalue weighted by Crippen LogP contribution is 2.34. The van der Waals surface area contributed by atoms with Crippen LogP contribution >= 0.6 is 0 Å². The van der Waals surface area contributed by atoms with E-state index in [0.29, 0.717) is 36.0 Å².